The van der Waals surface area contributed by atoms with Crippen LogP contribution >= 0.6 is 22.9 Å². The van der Waals surface area contributed by atoms with E-state index in [9.17, 15) is 9.59 Å². The van der Waals surface area contributed by atoms with Crippen LogP contribution < -0.4 is 10.6 Å². The van der Waals surface area contributed by atoms with Crippen LogP contribution in [0.2, 0.25) is 5.02 Å². The molecule has 0 saturated carbocycles. The summed E-state index contributed by atoms with van der Waals surface area (Å²) < 4.78 is 0. The average Bonchev–Trinajstić information content (AvgIpc) is 3.32. The van der Waals surface area contributed by atoms with Crippen LogP contribution in [0.1, 0.15) is 63.9 Å². The number of amides is 2. The minimum Gasteiger partial charge on any atom is -0.344 e. The zero-order valence-electron chi connectivity index (χ0n) is 20.1. The molecular weight excluding hydrogens is 480 g/mol. The lowest BCUT2D eigenvalue weighted by atomic mass is 10.0. The smallest absolute Gasteiger partial charge is 0.249 e. The van der Waals surface area contributed by atoms with Crippen LogP contribution in [0.3, 0.4) is 0 Å². The first-order valence-electron chi connectivity index (χ1n) is 12.3. The molecule has 8 heteroatoms. The molecule has 2 aromatic carbocycles. The van der Waals surface area contributed by atoms with Gasteiger partial charge < -0.3 is 5.32 Å². The van der Waals surface area contributed by atoms with Gasteiger partial charge in [-0.3, -0.25) is 14.9 Å². The Hall–Kier alpha value is -2.77. The third-order valence-corrected chi connectivity index (χ3v) is 6.83. The van der Waals surface area contributed by atoms with E-state index < -0.39 is 6.04 Å². The van der Waals surface area contributed by atoms with Crippen molar-refractivity contribution in [2.75, 3.05) is 5.32 Å². The molecule has 0 radical (unpaired) electrons. The molecule has 0 bridgehead atoms. The second kappa shape index (κ2) is 14.6. The molecule has 1 aromatic heterocycles. The fraction of sp³-hybridized carbons (Fsp3) is 0.407. The van der Waals surface area contributed by atoms with Crippen LogP contribution in [-0.4, -0.2) is 28.1 Å². The normalized spacial score (nSPS) is 11.7. The van der Waals surface area contributed by atoms with Gasteiger partial charge in [-0.1, -0.05) is 111 Å². The molecule has 2 amide bonds. The number of benzene rings is 2. The summed E-state index contributed by atoms with van der Waals surface area (Å²) in [6.07, 6.45) is 8.81. The molecule has 186 valence electrons. The van der Waals surface area contributed by atoms with Gasteiger partial charge in [-0.05, 0) is 24.1 Å². The van der Waals surface area contributed by atoms with Crippen LogP contribution in [-0.2, 0) is 16.0 Å². The molecule has 3 rings (SSSR count). The van der Waals surface area contributed by atoms with Crippen molar-refractivity contribution in [3.63, 3.8) is 0 Å². The van der Waals surface area contributed by atoms with Crippen molar-refractivity contribution in [2.45, 2.75) is 70.8 Å². The maximum atomic E-state index is 13.1. The van der Waals surface area contributed by atoms with Crippen molar-refractivity contribution in [1.82, 2.24) is 15.5 Å². The number of rotatable bonds is 14. The standard InChI is InChI=1S/C27H33ClN4O2S/c1-2-3-4-5-6-7-11-14-24(33)29-23(19-20-12-9-8-10-13-20)25(34)30-27-32-31-26(35-27)21-15-17-22(28)18-16-21/h8-10,12-13,15-18,23H,2-7,11,14,19H2,1H3,(H,29,33)(H,30,32,34)/t23-/m0/s1. The monoisotopic (exact) mass is 512 g/mol. The molecule has 2 N–H and O–H groups in total. The van der Waals surface area contributed by atoms with Crippen LogP contribution in [0.5, 0.6) is 0 Å². The van der Waals surface area contributed by atoms with E-state index in [-0.39, 0.29) is 11.8 Å². The Labute approximate surface area is 216 Å². The molecule has 0 spiro atoms. The molecule has 0 aliphatic carbocycles. The van der Waals surface area contributed by atoms with Crippen molar-refractivity contribution in [1.29, 1.82) is 0 Å². The SMILES string of the molecule is CCCCCCCCCC(=O)N[C@@H](Cc1ccccc1)C(=O)Nc1nnc(-c2ccc(Cl)cc2)s1. The van der Waals surface area contributed by atoms with Crippen molar-refractivity contribution in [3.05, 3.63) is 65.2 Å². The third kappa shape index (κ3) is 9.42. The summed E-state index contributed by atoms with van der Waals surface area (Å²) in [5, 5.41) is 15.8. The molecule has 0 aliphatic heterocycles. The fourth-order valence-electron chi connectivity index (χ4n) is 3.74. The number of nitrogens with zero attached hydrogens (tertiary/aromatic N) is 2. The summed E-state index contributed by atoms with van der Waals surface area (Å²) in [5.41, 5.74) is 1.85. The number of unbranched alkanes of at least 4 members (excludes halogenated alkanes) is 6. The maximum Gasteiger partial charge on any atom is 0.249 e. The van der Waals surface area contributed by atoms with E-state index in [1.807, 2.05) is 42.5 Å². The zero-order chi connectivity index (χ0) is 24.9. The van der Waals surface area contributed by atoms with Crippen LogP contribution in [0.15, 0.2) is 54.6 Å². The third-order valence-electron chi connectivity index (χ3n) is 5.69. The Morgan fingerprint density at radius 2 is 1.60 bits per heavy atom. The van der Waals surface area contributed by atoms with E-state index in [0.29, 0.717) is 28.0 Å². The van der Waals surface area contributed by atoms with E-state index in [1.165, 1.54) is 37.0 Å². The molecular formula is C27H33ClN4O2S. The summed E-state index contributed by atoms with van der Waals surface area (Å²) in [6, 6.07) is 16.3. The van der Waals surface area contributed by atoms with Crippen molar-refractivity contribution in [2.24, 2.45) is 0 Å². The predicted molar refractivity (Wildman–Crippen MR) is 144 cm³/mol. The Morgan fingerprint density at radius 3 is 2.31 bits per heavy atom. The topological polar surface area (TPSA) is 84.0 Å². The van der Waals surface area contributed by atoms with Gasteiger partial charge in [-0.2, -0.15) is 0 Å². The minimum absolute atomic E-state index is 0.103. The average molecular weight is 513 g/mol. The lowest BCUT2D eigenvalue weighted by molar-refractivity contribution is -0.126. The lowest BCUT2D eigenvalue weighted by Crippen LogP contribution is -2.45. The molecule has 1 atom stereocenters. The van der Waals surface area contributed by atoms with Gasteiger partial charge in [0.05, 0.1) is 0 Å². The molecule has 0 fully saturated rings. The first-order valence-corrected chi connectivity index (χ1v) is 13.5. The quantitative estimate of drug-likeness (QED) is 0.236. The molecule has 35 heavy (non-hydrogen) atoms. The summed E-state index contributed by atoms with van der Waals surface area (Å²) in [6.45, 7) is 2.20. The van der Waals surface area contributed by atoms with Crippen LogP contribution in [0.4, 0.5) is 5.13 Å². The van der Waals surface area contributed by atoms with Gasteiger partial charge in [0, 0.05) is 23.4 Å². The van der Waals surface area contributed by atoms with Crippen LogP contribution in [0, 0.1) is 0 Å². The van der Waals surface area contributed by atoms with Gasteiger partial charge in [0.15, 0.2) is 0 Å². The molecule has 0 saturated heterocycles. The first kappa shape index (κ1) is 26.8. The van der Waals surface area contributed by atoms with Gasteiger partial charge >= 0.3 is 0 Å². The number of carbonyl (C=O) groups excluding carboxylic acids is 2. The summed E-state index contributed by atoms with van der Waals surface area (Å²) in [4.78, 5) is 25.7. The zero-order valence-corrected chi connectivity index (χ0v) is 21.7. The van der Waals surface area contributed by atoms with E-state index >= 15 is 0 Å². The van der Waals surface area contributed by atoms with Gasteiger partial charge in [0.2, 0.25) is 16.9 Å². The number of aromatic nitrogens is 2. The van der Waals surface area contributed by atoms with Gasteiger partial charge in [-0.15, -0.1) is 10.2 Å². The second-order valence-corrected chi connectivity index (χ2v) is 10.0. The van der Waals surface area contributed by atoms with Gasteiger partial charge in [0.1, 0.15) is 11.0 Å². The number of halogens is 1. The molecule has 6 nitrogen and oxygen atoms in total. The van der Waals surface area contributed by atoms with E-state index in [4.69, 9.17) is 11.6 Å². The number of hydrogen-bond donors (Lipinski definition) is 2. The van der Waals surface area contributed by atoms with Crippen LogP contribution in [0.25, 0.3) is 10.6 Å². The molecule has 3 aromatic rings. The minimum atomic E-state index is -0.697. The number of nitrogens with one attached hydrogen (secondary N) is 2. The molecule has 0 unspecified atom stereocenters. The van der Waals surface area contributed by atoms with E-state index in [2.05, 4.69) is 27.8 Å². The number of hydrogen-bond acceptors (Lipinski definition) is 5. The van der Waals surface area contributed by atoms with Gasteiger partial charge in [-0.25, -0.2) is 0 Å². The summed E-state index contributed by atoms with van der Waals surface area (Å²) >= 11 is 7.24. The summed E-state index contributed by atoms with van der Waals surface area (Å²) in [7, 11) is 0. The van der Waals surface area contributed by atoms with E-state index in [1.54, 1.807) is 12.1 Å². The number of anilines is 1. The van der Waals surface area contributed by atoms with Crippen molar-refractivity contribution >= 4 is 39.9 Å². The largest absolute Gasteiger partial charge is 0.344 e. The highest BCUT2D eigenvalue weighted by atomic mass is 35.5. The molecule has 1 heterocycles. The Bertz CT molecular complexity index is 1060. The highest BCUT2D eigenvalue weighted by Gasteiger charge is 2.22. The number of carbonyl (C=O) groups is 2. The van der Waals surface area contributed by atoms with Gasteiger partial charge in [0.25, 0.3) is 0 Å². The fourth-order valence-corrected chi connectivity index (χ4v) is 4.62. The Balaban J connectivity index is 1.57. The lowest BCUT2D eigenvalue weighted by Gasteiger charge is -2.18. The van der Waals surface area contributed by atoms with Crippen molar-refractivity contribution in [3.8, 4) is 10.6 Å². The predicted octanol–water partition coefficient (Wildman–Crippen LogP) is 6.67. The maximum absolute atomic E-state index is 13.1. The summed E-state index contributed by atoms with van der Waals surface area (Å²) in [5.74, 6) is -0.408. The highest BCUT2D eigenvalue weighted by Crippen LogP contribution is 2.27. The highest BCUT2D eigenvalue weighted by molar-refractivity contribution is 7.18. The van der Waals surface area contributed by atoms with E-state index in [0.717, 1.165) is 30.4 Å². The Kier molecular flexibility index (Phi) is 11.2. The first-order chi connectivity index (χ1) is 17.0. The molecule has 0 aliphatic rings. The van der Waals surface area contributed by atoms with Crippen molar-refractivity contribution < 1.29 is 9.59 Å². The Morgan fingerprint density at radius 1 is 0.914 bits per heavy atom. The second-order valence-electron chi connectivity index (χ2n) is 8.59.